The van der Waals surface area contributed by atoms with Crippen LogP contribution in [0, 0.1) is 5.41 Å². The van der Waals surface area contributed by atoms with E-state index in [-0.39, 0.29) is 11.1 Å². The van der Waals surface area contributed by atoms with E-state index in [0.29, 0.717) is 22.3 Å². The van der Waals surface area contributed by atoms with E-state index in [9.17, 15) is 4.79 Å². The standard InChI is InChI=1S/C17H13ClN2O2S/c18-13-7-5-11(6-8-13)10-22-14-4-2-1-3-12(14)9-15-16(21)20-17(19)23-15/h1-9H,10H2,(H2,19,20,21)/b15-9-. The Morgan fingerprint density at radius 1 is 1.17 bits per heavy atom. The van der Waals surface area contributed by atoms with Crippen molar-refractivity contribution in [1.82, 2.24) is 5.32 Å². The summed E-state index contributed by atoms with van der Waals surface area (Å²) in [7, 11) is 0. The van der Waals surface area contributed by atoms with Gasteiger partial charge in [0, 0.05) is 10.6 Å². The quantitative estimate of drug-likeness (QED) is 0.822. The number of ether oxygens (including phenoxy) is 1. The second-order valence-corrected chi connectivity index (χ2v) is 6.34. The predicted molar refractivity (Wildman–Crippen MR) is 93.7 cm³/mol. The zero-order valence-corrected chi connectivity index (χ0v) is 13.6. The largest absolute Gasteiger partial charge is 0.488 e. The third kappa shape index (κ3) is 3.94. The molecule has 0 saturated carbocycles. The predicted octanol–water partition coefficient (Wildman–Crippen LogP) is 4.06. The summed E-state index contributed by atoms with van der Waals surface area (Å²) in [6, 6.07) is 14.9. The van der Waals surface area contributed by atoms with Gasteiger partial charge in [-0.3, -0.25) is 10.2 Å². The van der Waals surface area contributed by atoms with E-state index < -0.39 is 0 Å². The lowest BCUT2D eigenvalue weighted by Crippen LogP contribution is -2.18. The zero-order chi connectivity index (χ0) is 16.2. The maximum absolute atomic E-state index is 11.7. The summed E-state index contributed by atoms with van der Waals surface area (Å²) in [4.78, 5) is 12.2. The number of benzene rings is 2. The highest BCUT2D eigenvalue weighted by atomic mass is 35.5. The minimum Gasteiger partial charge on any atom is -0.488 e. The van der Waals surface area contributed by atoms with Gasteiger partial charge in [0.1, 0.15) is 12.4 Å². The Hall–Kier alpha value is -2.24. The highest BCUT2D eigenvalue weighted by Gasteiger charge is 2.22. The van der Waals surface area contributed by atoms with Gasteiger partial charge in [0.25, 0.3) is 5.91 Å². The highest BCUT2D eigenvalue weighted by Crippen LogP contribution is 2.29. The number of amidine groups is 1. The first kappa shape index (κ1) is 15.6. The van der Waals surface area contributed by atoms with Crippen molar-refractivity contribution in [1.29, 1.82) is 5.41 Å². The van der Waals surface area contributed by atoms with Crippen LogP contribution in [0.2, 0.25) is 5.02 Å². The average Bonchev–Trinajstić information content (AvgIpc) is 2.86. The number of hydrogen-bond acceptors (Lipinski definition) is 4. The lowest BCUT2D eigenvalue weighted by Gasteiger charge is -2.09. The van der Waals surface area contributed by atoms with E-state index in [1.165, 1.54) is 0 Å². The molecule has 0 atom stereocenters. The second-order valence-electron chi connectivity index (χ2n) is 4.85. The van der Waals surface area contributed by atoms with Gasteiger partial charge in [0.2, 0.25) is 0 Å². The Morgan fingerprint density at radius 3 is 2.61 bits per heavy atom. The Kier molecular flexibility index (Phi) is 4.69. The van der Waals surface area contributed by atoms with Crippen molar-refractivity contribution in [2.45, 2.75) is 6.61 Å². The SMILES string of the molecule is N=C1NC(=O)/C(=C/c2ccccc2OCc2ccc(Cl)cc2)S1. The number of carbonyl (C=O) groups excluding carboxylic acids is 1. The molecule has 23 heavy (non-hydrogen) atoms. The van der Waals surface area contributed by atoms with Crippen molar-refractivity contribution in [2.75, 3.05) is 0 Å². The topological polar surface area (TPSA) is 62.2 Å². The summed E-state index contributed by atoms with van der Waals surface area (Å²) in [5.74, 6) is 0.425. The maximum Gasteiger partial charge on any atom is 0.264 e. The fraction of sp³-hybridized carbons (Fsp3) is 0.0588. The highest BCUT2D eigenvalue weighted by molar-refractivity contribution is 8.18. The molecule has 4 nitrogen and oxygen atoms in total. The lowest BCUT2D eigenvalue weighted by molar-refractivity contribution is -0.115. The Morgan fingerprint density at radius 2 is 1.91 bits per heavy atom. The van der Waals surface area contributed by atoms with Gasteiger partial charge >= 0.3 is 0 Å². The van der Waals surface area contributed by atoms with Crippen molar-refractivity contribution >= 4 is 40.5 Å². The lowest BCUT2D eigenvalue weighted by atomic mass is 10.2. The first-order chi connectivity index (χ1) is 11.1. The molecule has 1 amide bonds. The van der Waals surface area contributed by atoms with Crippen LogP contribution in [-0.2, 0) is 11.4 Å². The third-order valence-electron chi connectivity index (χ3n) is 3.18. The molecule has 0 spiro atoms. The maximum atomic E-state index is 11.7. The molecule has 3 rings (SSSR count). The Bertz CT molecular complexity index is 787. The van der Waals surface area contributed by atoms with E-state index in [0.717, 1.165) is 22.9 Å². The number of rotatable bonds is 4. The smallest absolute Gasteiger partial charge is 0.264 e. The Balaban J connectivity index is 1.78. The van der Waals surface area contributed by atoms with Gasteiger partial charge in [-0.2, -0.15) is 0 Å². The van der Waals surface area contributed by atoms with Gasteiger partial charge in [-0.25, -0.2) is 0 Å². The summed E-state index contributed by atoms with van der Waals surface area (Å²) in [5.41, 5.74) is 1.81. The van der Waals surface area contributed by atoms with Gasteiger partial charge in [-0.05, 0) is 41.6 Å². The van der Waals surface area contributed by atoms with E-state index in [1.807, 2.05) is 48.5 Å². The minimum atomic E-state index is -0.257. The average molecular weight is 345 g/mol. The van der Waals surface area contributed by atoms with Gasteiger partial charge < -0.3 is 10.1 Å². The van der Waals surface area contributed by atoms with Crippen molar-refractivity contribution in [3.8, 4) is 5.75 Å². The molecule has 2 aromatic rings. The molecule has 1 aliphatic heterocycles. The fourth-order valence-electron chi connectivity index (χ4n) is 2.06. The molecule has 0 aliphatic carbocycles. The summed E-state index contributed by atoms with van der Waals surface area (Å²) in [6.45, 7) is 0.409. The molecule has 2 N–H and O–H groups in total. The minimum absolute atomic E-state index is 0.140. The summed E-state index contributed by atoms with van der Waals surface area (Å²) in [5, 5.41) is 10.8. The molecule has 0 unspecified atom stereocenters. The number of hydrogen-bond donors (Lipinski definition) is 2. The number of nitrogens with one attached hydrogen (secondary N) is 2. The Labute approximate surface area is 143 Å². The number of carbonyl (C=O) groups is 1. The van der Waals surface area contributed by atoms with Crippen LogP contribution in [0.1, 0.15) is 11.1 Å². The van der Waals surface area contributed by atoms with Crippen LogP contribution < -0.4 is 10.1 Å². The molecular weight excluding hydrogens is 332 g/mol. The van der Waals surface area contributed by atoms with E-state index in [1.54, 1.807) is 6.08 Å². The van der Waals surface area contributed by atoms with Gasteiger partial charge in [0.15, 0.2) is 5.17 Å². The third-order valence-corrected chi connectivity index (χ3v) is 4.26. The summed E-state index contributed by atoms with van der Waals surface area (Å²) in [6.07, 6.45) is 1.73. The molecule has 1 fully saturated rings. The van der Waals surface area contributed by atoms with Crippen molar-refractivity contribution < 1.29 is 9.53 Å². The number of para-hydroxylation sites is 1. The normalized spacial score (nSPS) is 15.8. The molecule has 2 aromatic carbocycles. The van der Waals surface area contributed by atoms with Crippen LogP contribution in [0.5, 0.6) is 5.75 Å². The van der Waals surface area contributed by atoms with Crippen LogP contribution in [0.4, 0.5) is 0 Å². The molecule has 0 bridgehead atoms. The number of halogens is 1. The summed E-state index contributed by atoms with van der Waals surface area (Å²) >= 11 is 6.98. The fourth-order valence-corrected chi connectivity index (χ4v) is 2.87. The molecule has 0 aromatic heterocycles. The van der Waals surface area contributed by atoms with Crippen LogP contribution in [-0.4, -0.2) is 11.1 Å². The molecule has 1 aliphatic rings. The number of thioether (sulfide) groups is 1. The van der Waals surface area contributed by atoms with E-state index >= 15 is 0 Å². The van der Waals surface area contributed by atoms with Gasteiger partial charge in [-0.15, -0.1) is 0 Å². The molecule has 6 heteroatoms. The van der Waals surface area contributed by atoms with Gasteiger partial charge in [-0.1, -0.05) is 41.9 Å². The molecule has 0 radical (unpaired) electrons. The summed E-state index contributed by atoms with van der Waals surface area (Å²) < 4.78 is 5.85. The van der Waals surface area contributed by atoms with E-state index in [4.69, 9.17) is 21.7 Å². The first-order valence-electron chi connectivity index (χ1n) is 6.87. The zero-order valence-electron chi connectivity index (χ0n) is 12.0. The van der Waals surface area contributed by atoms with E-state index in [2.05, 4.69) is 5.32 Å². The van der Waals surface area contributed by atoms with Crippen molar-refractivity contribution in [3.05, 3.63) is 69.6 Å². The first-order valence-corrected chi connectivity index (χ1v) is 8.07. The van der Waals surface area contributed by atoms with Gasteiger partial charge in [0.05, 0.1) is 4.91 Å². The molecule has 116 valence electrons. The molecule has 1 heterocycles. The van der Waals surface area contributed by atoms with Crippen molar-refractivity contribution in [2.24, 2.45) is 0 Å². The molecular formula is C17H13ClN2O2S. The second kappa shape index (κ2) is 6.89. The molecule has 1 saturated heterocycles. The van der Waals surface area contributed by atoms with Crippen LogP contribution in [0.15, 0.2) is 53.4 Å². The van der Waals surface area contributed by atoms with Crippen LogP contribution in [0.25, 0.3) is 6.08 Å². The number of amides is 1. The van der Waals surface area contributed by atoms with Crippen molar-refractivity contribution in [3.63, 3.8) is 0 Å². The van der Waals surface area contributed by atoms with Crippen LogP contribution in [0.3, 0.4) is 0 Å². The van der Waals surface area contributed by atoms with Crippen LogP contribution >= 0.6 is 23.4 Å². The monoisotopic (exact) mass is 344 g/mol.